The van der Waals surface area contributed by atoms with Gasteiger partial charge in [0.15, 0.2) is 0 Å². The lowest BCUT2D eigenvalue weighted by Gasteiger charge is -2.23. The van der Waals surface area contributed by atoms with Gasteiger partial charge < -0.3 is 20.1 Å². The molecule has 0 aliphatic heterocycles. The average Bonchev–Trinajstić information content (AvgIpc) is 2.98. The Balaban J connectivity index is 1.89. The summed E-state index contributed by atoms with van der Waals surface area (Å²) in [7, 11) is 0. The first-order valence-corrected chi connectivity index (χ1v) is 10.1. The van der Waals surface area contributed by atoms with Crippen molar-refractivity contribution in [3.8, 4) is 5.75 Å². The molecular formula is C22H29ClO5. The molecule has 0 heterocycles. The highest BCUT2D eigenvalue weighted by Gasteiger charge is 2.35. The van der Waals surface area contributed by atoms with E-state index in [9.17, 15) is 15.0 Å². The molecule has 4 unspecified atom stereocenters. The molecule has 1 aliphatic carbocycles. The van der Waals surface area contributed by atoms with Gasteiger partial charge in [0.05, 0.1) is 6.10 Å². The molecule has 1 saturated carbocycles. The third kappa shape index (κ3) is 7.30. The van der Waals surface area contributed by atoms with Gasteiger partial charge in [-0.25, -0.2) is 0 Å². The van der Waals surface area contributed by atoms with Gasteiger partial charge in [-0.15, -0.1) is 0 Å². The molecule has 5 nitrogen and oxygen atoms in total. The fourth-order valence-electron chi connectivity index (χ4n) is 3.80. The molecule has 1 aliphatic rings. The number of carbonyl (C=O) groups is 1. The van der Waals surface area contributed by atoms with E-state index in [4.69, 9.17) is 21.4 Å². The first-order valence-electron chi connectivity index (χ1n) is 9.70. The molecule has 1 fully saturated rings. The lowest BCUT2D eigenvalue weighted by atomic mass is 9.85. The minimum atomic E-state index is -1.08. The van der Waals surface area contributed by atoms with Crippen LogP contribution in [0.1, 0.15) is 45.4 Å². The number of carboxylic acid groups (broad SMARTS) is 1. The Kier molecular flexibility index (Phi) is 9.03. The van der Waals surface area contributed by atoms with E-state index in [2.05, 4.69) is 0 Å². The number of hydrogen-bond acceptors (Lipinski definition) is 4. The number of halogens is 1. The number of hydrogen-bond donors (Lipinski definition) is 3. The summed E-state index contributed by atoms with van der Waals surface area (Å²) in [5, 5.41) is 29.8. The van der Waals surface area contributed by atoms with Gasteiger partial charge in [0.25, 0.3) is 0 Å². The van der Waals surface area contributed by atoms with Crippen molar-refractivity contribution in [2.75, 3.05) is 0 Å². The van der Waals surface area contributed by atoms with Gasteiger partial charge in [0.2, 0.25) is 6.29 Å². The number of allylic oxidation sites excluding steroid dienone is 3. The molecule has 3 N–H and O–H groups in total. The standard InChI is InChI=1S/C22H29ClO5/c1-15(13-22(27)28-17-8-6-7-16(23)14-17)18-11-12-20(24)19(18)9-4-2-3-5-10-21(25)26/h2-3,6-8,13-14,18-20,22,24,27H,4-5,9-12H2,1H3,(H,25,26). The molecule has 28 heavy (non-hydrogen) atoms. The van der Waals surface area contributed by atoms with Crippen LogP contribution in [0.25, 0.3) is 0 Å². The summed E-state index contributed by atoms with van der Waals surface area (Å²) in [5.41, 5.74) is 1.01. The number of rotatable bonds is 10. The SMILES string of the molecule is CC(=CC(O)Oc1cccc(Cl)c1)C1CCC(O)C1CCC=CCCC(=O)O. The van der Waals surface area contributed by atoms with Crippen molar-refractivity contribution in [2.24, 2.45) is 11.8 Å². The van der Waals surface area contributed by atoms with Crippen LogP contribution in [0.4, 0.5) is 0 Å². The van der Waals surface area contributed by atoms with Crippen molar-refractivity contribution in [2.45, 2.75) is 57.8 Å². The van der Waals surface area contributed by atoms with E-state index >= 15 is 0 Å². The van der Waals surface area contributed by atoms with Crippen molar-refractivity contribution < 1.29 is 24.9 Å². The summed E-state index contributed by atoms with van der Waals surface area (Å²) in [4.78, 5) is 10.5. The number of benzene rings is 1. The van der Waals surface area contributed by atoms with Crippen molar-refractivity contribution in [1.82, 2.24) is 0 Å². The number of aliphatic carboxylic acids is 1. The van der Waals surface area contributed by atoms with E-state index in [1.807, 2.05) is 19.1 Å². The lowest BCUT2D eigenvalue weighted by molar-refractivity contribution is -0.136. The molecule has 154 valence electrons. The molecular weight excluding hydrogens is 380 g/mol. The zero-order valence-electron chi connectivity index (χ0n) is 16.1. The van der Waals surface area contributed by atoms with Crippen molar-refractivity contribution in [1.29, 1.82) is 0 Å². The Morgan fingerprint density at radius 2 is 2.07 bits per heavy atom. The van der Waals surface area contributed by atoms with Gasteiger partial charge in [-0.3, -0.25) is 4.79 Å². The van der Waals surface area contributed by atoms with Crippen LogP contribution >= 0.6 is 11.6 Å². The second-order valence-corrected chi connectivity index (χ2v) is 7.71. The van der Waals surface area contributed by atoms with Crippen molar-refractivity contribution in [3.63, 3.8) is 0 Å². The molecule has 0 amide bonds. The predicted molar refractivity (Wildman–Crippen MR) is 109 cm³/mol. The van der Waals surface area contributed by atoms with E-state index in [-0.39, 0.29) is 24.4 Å². The number of ether oxygens (including phenoxy) is 1. The van der Waals surface area contributed by atoms with Crippen LogP contribution in [0.5, 0.6) is 5.75 Å². The van der Waals surface area contributed by atoms with Gasteiger partial charge in [-0.2, -0.15) is 0 Å². The van der Waals surface area contributed by atoms with Crippen LogP contribution < -0.4 is 4.74 Å². The van der Waals surface area contributed by atoms with Gasteiger partial charge in [-0.1, -0.05) is 35.4 Å². The summed E-state index contributed by atoms with van der Waals surface area (Å²) in [6.07, 6.45) is 8.04. The molecule has 0 bridgehead atoms. The van der Waals surface area contributed by atoms with Gasteiger partial charge in [-0.05, 0) is 75.1 Å². The maximum Gasteiger partial charge on any atom is 0.303 e. The summed E-state index contributed by atoms with van der Waals surface area (Å²) in [5.74, 6) is 0.0209. The van der Waals surface area contributed by atoms with Gasteiger partial charge >= 0.3 is 5.97 Å². The van der Waals surface area contributed by atoms with Crippen LogP contribution in [0.15, 0.2) is 48.1 Å². The highest BCUT2D eigenvalue weighted by atomic mass is 35.5. The lowest BCUT2D eigenvalue weighted by Crippen LogP contribution is -2.21. The molecule has 2 rings (SSSR count). The van der Waals surface area contributed by atoms with Crippen LogP contribution in [-0.4, -0.2) is 33.7 Å². The van der Waals surface area contributed by atoms with E-state index in [0.29, 0.717) is 17.2 Å². The largest absolute Gasteiger partial charge is 0.481 e. The van der Waals surface area contributed by atoms with Crippen LogP contribution in [-0.2, 0) is 4.79 Å². The Hall–Kier alpha value is -1.82. The molecule has 6 heteroatoms. The van der Waals surface area contributed by atoms with Crippen LogP contribution in [0, 0.1) is 11.8 Å². The van der Waals surface area contributed by atoms with E-state index in [1.54, 1.807) is 30.3 Å². The fraction of sp³-hybridized carbons (Fsp3) is 0.500. The Morgan fingerprint density at radius 3 is 2.79 bits per heavy atom. The third-order valence-corrected chi connectivity index (χ3v) is 5.42. The highest BCUT2D eigenvalue weighted by Crippen LogP contribution is 2.40. The van der Waals surface area contributed by atoms with Gasteiger partial charge in [0.1, 0.15) is 5.75 Å². The molecule has 4 atom stereocenters. The Bertz CT molecular complexity index is 700. The van der Waals surface area contributed by atoms with Crippen molar-refractivity contribution >= 4 is 17.6 Å². The van der Waals surface area contributed by atoms with E-state index < -0.39 is 12.3 Å². The predicted octanol–water partition coefficient (Wildman–Crippen LogP) is 4.57. The minimum Gasteiger partial charge on any atom is -0.481 e. The zero-order chi connectivity index (χ0) is 20.5. The molecule has 0 spiro atoms. The van der Waals surface area contributed by atoms with Gasteiger partial charge in [0, 0.05) is 11.4 Å². The Labute approximate surface area is 171 Å². The summed E-state index contributed by atoms with van der Waals surface area (Å²) < 4.78 is 5.51. The number of aliphatic hydroxyl groups is 2. The second-order valence-electron chi connectivity index (χ2n) is 7.27. The molecule has 0 radical (unpaired) electrons. The zero-order valence-corrected chi connectivity index (χ0v) is 16.9. The molecule has 0 saturated heterocycles. The van der Waals surface area contributed by atoms with Crippen LogP contribution in [0.2, 0.25) is 5.02 Å². The second kappa shape index (κ2) is 11.2. The summed E-state index contributed by atoms with van der Waals surface area (Å²) in [6, 6.07) is 6.88. The number of aliphatic hydroxyl groups excluding tert-OH is 2. The monoisotopic (exact) mass is 408 g/mol. The quantitative estimate of drug-likeness (QED) is 0.390. The summed E-state index contributed by atoms with van der Waals surface area (Å²) >= 11 is 5.93. The van der Waals surface area contributed by atoms with Crippen LogP contribution in [0.3, 0.4) is 0 Å². The number of carboxylic acids is 1. The van der Waals surface area contributed by atoms with E-state index in [1.165, 1.54) is 0 Å². The minimum absolute atomic E-state index is 0.124. The maximum atomic E-state index is 10.5. The highest BCUT2D eigenvalue weighted by molar-refractivity contribution is 6.30. The van der Waals surface area contributed by atoms with Crippen molar-refractivity contribution in [3.05, 3.63) is 53.1 Å². The smallest absolute Gasteiger partial charge is 0.303 e. The normalized spacial score (nSPS) is 23.9. The molecule has 1 aromatic carbocycles. The fourth-order valence-corrected chi connectivity index (χ4v) is 3.98. The van der Waals surface area contributed by atoms with E-state index in [0.717, 1.165) is 31.3 Å². The third-order valence-electron chi connectivity index (χ3n) is 5.19. The first kappa shape index (κ1) is 22.5. The molecule has 1 aromatic rings. The Morgan fingerprint density at radius 1 is 1.32 bits per heavy atom. The summed E-state index contributed by atoms with van der Waals surface area (Å²) in [6.45, 7) is 1.96. The topological polar surface area (TPSA) is 87.0 Å². The maximum absolute atomic E-state index is 10.5. The first-order chi connectivity index (χ1) is 13.4. The molecule has 0 aromatic heterocycles. The average molecular weight is 409 g/mol.